The van der Waals surface area contributed by atoms with E-state index in [2.05, 4.69) is 32.8 Å². The molecule has 0 aliphatic carbocycles. The quantitative estimate of drug-likeness (QED) is 0.826. The van der Waals surface area contributed by atoms with Crippen molar-refractivity contribution in [2.75, 3.05) is 25.0 Å². The minimum atomic E-state index is 0.0308. The molecule has 1 aliphatic heterocycles. The monoisotopic (exact) mass is 374 g/mol. The number of amides is 1. The van der Waals surface area contributed by atoms with Crippen molar-refractivity contribution in [2.45, 2.75) is 26.1 Å². The van der Waals surface area contributed by atoms with E-state index in [0.717, 1.165) is 22.3 Å². The largest absolute Gasteiger partial charge is 0.373 e. The second kappa shape index (κ2) is 6.67. The number of halogens is 1. The second-order valence-corrected chi connectivity index (χ2v) is 6.26. The molecule has 1 aliphatic rings. The van der Waals surface area contributed by atoms with Crippen molar-refractivity contribution in [1.82, 2.24) is 4.90 Å². The molecule has 1 aromatic rings. The third-order valence-electron chi connectivity index (χ3n) is 2.97. The Bertz CT molecular complexity index is 443. The maximum atomic E-state index is 12.0. The average Bonchev–Trinajstić information content (AvgIpc) is 2.26. The Balaban J connectivity index is 1.87. The molecule has 0 bridgehead atoms. The highest BCUT2D eigenvalue weighted by atomic mass is 127. The summed E-state index contributed by atoms with van der Waals surface area (Å²) >= 11 is 2.23. The molecule has 104 valence electrons. The molecular weight excluding hydrogens is 355 g/mol. The lowest BCUT2D eigenvalue weighted by molar-refractivity contribution is -0.121. The van der Waals surface area contributed by atoms with Crippen LogP contribution in [0.15, 0.2) is 24.3 Å². The predicted octanol–water partition coefficient (Wildman–Crippen LogP) is 2.34. The van der Waals surface area contributed by atoms with E-state index in [1.54, 1.807) is 0 Å². The number of hydrogen-bond donors (Lipinski definition) is 1. The van der Waals surface area contributed by atoms with Crippen LogP contribution in [0.1, 0.15) is 13.8 Å². The van der Waals surface area contributed by atoms with Gasteiger partial charge in [0.15, 0.2) is 0 Å². The molecule has 1 saturated heterocycles. The number of nitrogens with one attached hydrogen (secondary N) is 1. The van der Waals surface area contributed by atoms with Crippen molar-refractivity contribution >= 4 is 34.2 Å². The number of carbonyl (C=O) groups is 1. The Kier molecular flexibility index (Phi) is 5.18. The van der Waals surface area contributed by atoms with Crippen LogP contribution in [0.3, 0.4) is 0 Å². The van der Waals surface area contributed by atoms with Gasteiger partial charge in [0.2, 0.25) is 5.91 Å². The van der Waals surface area contributed by atoms with E-state index in [-0.39, 0.29) is 18.1 Å². The first-order valence-electron chi connectivity index (χ1n) is 6.46. The van der Waals surface area contributed by atoms with Crippen LogP contribution in [0.4, 0.5) is 5.69 Å². The van der Waals surface area contributed by atoms with Gasteiger partial charge in [0.25, 0.3) is 0 Å². The maximum absolute atomic E-state index is 12.0. The van der Waals surface area contributed by atoms with Gasteiger partial charge >= 0.3 is 0 Å². The first-order chi connectivity index (χ1) is 9.02. The lowest BCUT2D eigenvalue weighted by Gasteiger charge is -2.34. The lowest BCUT2D eigenvalue weighted by Crippen LogP contribution is -2.48. The normalized spacial score (nSPS) is 24.2. The molecule has 0 spiro atoms. The van der Waals surface area contributed by atoms with Crippen LogP contribution in [-0.2, 0) is 9.53 Å². The highest BCUT2D eigenvalue weighted by Gasteiger charge is 2.23. The van der Waals surface area contributed by atoms with Gasteiger partial charge in [-0.25, -0.2) is 0 Å². The third-order valence-corrected chi connectivity index (χ3v) is 3.64. The number of morpholine rings is 1. The summed E-state index contributed by atoms with van der Waals surface area (Å²) in [5, 5.41) is 2.93. The van der Waals surface area contributed by atoms with Gasteiger partial charge in [0, 0.05) is 22.3 Å². The standard InChI is InChI=1S/C14H19IN2O2/c1-10-7-17(8-11(2)19-10)9-14(18)16-13-5-3-4-12(15)6-13/h3-6,10-11H,7-9H2,1-2H3,(H,16,18)/t10-,11-/m1/s1. The van der Waals surface area contributed by atoms with Crippen LogP contribution >= 0.6 is 22.6 Å². The van der Waals surface area contributed by atoms with E-state index in [0.29, 0.717) is 6.54 Å². The van der Waals surface area contributed by atoms with Crippen molar-refractivity contribution in [3.63, 3.8) is 0 Å². The first-order valence-corrected chi connectivity index (χ1v) is 7.54. The summed E-state index contributed by atoms with van der Waals surface area (Å²) in [6.45, 7) is 6.12. The molecule has 0 aromatic heterocycles. The third kappa shape index (κ3) is 4.74. The molecule has 0 saturated carbocycles. The molecule has 2 rings (SSSR count). The van der Waals surface area contributed by atoms with Gasteiger partial charge in [0.1, 0.15) is 0 Å². The Labute approximate surface area is 127 Å². The Morgan fingerprint density at radius 2 is 2.11 bits per heavy atom. The van der Waals surface area contributed by atoms with Crippen LogP contribution in [0.2, 0.25) is 0 Å². The van der Waals surface area contributed by atoms with E-state index >= 15 is 0 Å². The van der Waals surface area contributed by atoms with Gasteiger partial charge in [-0.05, 0) is 54.6 Å². The van der Waals surface area contributed by atoms with Gasteiger partial charge in [-0.15, -0.1) is 0 Å². The van der Waals surface area contributed by atoms with Gasteiger partial charge in [-0.2, -0.15) is 0 Å². The summed E-state index contributed by atoms with van der Waals surface area (Å²) in [6.07, 6.45) is 0.378. The van der Waals surface area contributed by atoms with Crippen molar-refractivity contribution in [3.8, 4) is 0 Å². The maximum Gasteiger partial charge on any atom is 0.238 e. The van der Waals surface area contributed by atoms with E-state index < -0.39 is 0 Å². The number of carbonyl (C=O) groups excluding carboxylic acids is 1. The molecule has 2 atom stereocenters. The fourth-order valence-corrected chi connectivity index (χ4v) is 2.93. The fourth-order valence-electron chi connectivity index (χ4n) is 2.38. The van der Waals surface area contributed by atoms with Crippen LogP contribution in [0, 0.1) is 3.57 Å². The second-order valence-electron chi connectivity index (χ2n) is 5.01. The zero-order valence-corrected chi connectivity index (χ0v) is 13.4. The number of hydrogen-bond acceptors (Lipinski definition) is 3. The predicted molar refractivity (Wildman–Crippen MR) is 84.2 cm³/mol. The van der Waals surface area contributed by atoms with Gasteiger partial charge in [0.05, 0.1) is 18.8 Å². The molecule has 1 aromatic carbocycles. The Hall–Kier alpha value is -0.660. The number of rotatable bonds is 3. The number of anilines is 1. The molecular formula is C14H19IN2O2. The average molecular weight is 374 g/mol. The minimum Gasteiger partial charge on any atom is -0.373 e. The van der Waals surface area contributed by atoms with Crippen LogP contribution in [-0.4, -0.2) is 42.6 Å². The summed E-state index contributed by atoms with van der Waals surface area (Å²) < 4.78 is 6.77. The molecule has 4 nitrogen and oxygen atoms in total. The molecule has 0 radical (unpaired) electrons. The smallest absolute Gasteiger partial charge is 0.238 e. The van der Waals surface area contributed by atoms with Gasteiger partial charge < -0.3 is 10.1 Å². The molecule has 1 amide bonds. The van der Waals surface area contributed by atoms with Crippen LogP contribution < -0.4 is 5.32 Å². The fraction of sp³-hybridized carbons (Fsp3) is 0.500. The van der Waals surface area contributed by atoms with E-state index in [4.69, 9.17) is 4.74 Å². The van der Waals surface area contributed by atoms with Gasteiger partial charge in [-0.3, -0.25) is 9.69 Å². The topological polar surface area (TPSA) is 41.6 Å². The summed E-state index contributed by atoms with van der Waals surface area (Å²) in [5.41, 5.74) is 0.853. The van der Waals surface area contributed by atoms with Crippen LogP contribution in [0.25, 0.3) is 0 Å². The minimum absolute atomic E-state index is 0.0308. The summed E-state index contributed by atoms with van der Waals surface area (Å²) in [4.78, 5) is 14.2. The number of nitrogens with zero attached hydrogens (tertiary/aromatic N) is 1. The van der Waals surface area contributed by atoms with Crippen molar-refractivity contribution in [1.29, 1.82) is 0 Å². The highest BCUT2D eigenvalue weighted by molar-refractivity contribution is 14.1. The van der Waals surface area contributed by atoms with Crippen LogP contribution in [0.5, 0.6) is 0 Å². The van der Waals surface area contributed by atoms with Crippen molar-refractivity contribution < 1.29 is 9.53 Å². The Morgan fingerprint density at radius 3 is 2.74 bits per heavy atom. The first kappa shape index (κ1) is 14.7. The number of benzene rings is 1. The van der Waals surface area contributed by atoms with E-state index in [9.17, 15) is 4.79 Å². The highest BCUT2D eigenvalue weighted by Crippen LogP contribution is 2.13. The van der Waals surface area contributed by atoms with E-state index in [1.165, 1.54) is 0 Å². The lowest BCUT2D eigenvalue weighted by atomic mass is 10.2. The number of ether oxygens (including phenoxy) is 1. The molecule has 1 N–H and O–H groups in total. The van der Waals surface area contributed by atoms with Crippen molar-refractivity contribution in [2.24, 2.45) is 0 Å². The molecule has 0 unspecified atom stereocenters. The van der Waals surface area contributed by atoms with Crippen molar-refractivity contribution in [3.05, 3.63) is 27.8 Å². The summed E-state index contributed by atoms with van der Waals surface area (Å²) in [7, 11) is 0. The zero-order valence-electron chi connectivity index (χ0n) is 11.2. The molecule has 19 heavy (non-hydrogen) atoms. The molecule has 1 heterocycles. The summed E-state index contributed by atoms with van der Waals surface area (Å²) in [5.74, 6) is 0.0308. The Morgan fingerprint density at radius 1 is 1.42 bits per heavy atom. The van der Waals surface area contributed by atoms with E-state index in [1.807, 2.05) is 38.1 Å². The molecule has 5 heteroatoms. The van der Waals surface area contributed by atoms with Gasteiger partial charge in [-0.1, -0.05) is 6.07 Å². The zero-order chi connectivity index (χ0) is 13.8. The molecule has 1 fully saturated rings. The summed E-state index contributed by atoms with van der Waals surface area (Å²) in [6, 6.07) is 7.81. The SMILES string of the molecule is C[C@@H]1CN(CC(=O)Nc2cccc(I)c2)C[C@@H](C)O1.